The zero-order valence-electron chi connectivity index (χ0n) is 7.08. The lowest BCUT2D eigenvalue weighted by Gasteiger charge is -2.05. The predicted octanol–water partition coefficient (Wildman–Crippen LogP) is 1.27. The Kier molecular flexibility index (Phi) is 3.48. The smallest absolute Gasteiger partial charge is 0.216 e. The molecule has 2 heteroatoms. The van der Waals surface area contributed by atoms with E-state index in [-0.39, 0.29) is 6.04 Å². The summed E-state index contributed by atoms with van der Waals surface area (Å²) in [7, 11) is 0. The van der Waals surface area contributed by atoms with Crippen LogP contribution in [-0.4, -0.2) is 12.3 Å². The van der Waals surface area contributed by atoms with Gasteiger partial charge in [-0.1, -0.05) is 30.3 Å². The summed E-state index contributed by atoms with van der Waals surface area (Å²) < 4.78 is 0. The lowest BCUT2D eigenvalue weighted by atomic mass is 10.2. The van der Waals surface area contributed by atoms with Crippen LogP contribution in [-0.2, 0) is 11.3 Å². The highest BCUT2D eigenvalue weighted by molar-refractivity contribution is 5.57. The highest BCUT2D eigenvalue weighted by Gasteiger charge is 1.98. The standard InChI is InChI=1S/C10H12NO/c1-9(8-12)11-7-10-5-3-2-4-6-10/h2-6,9,11H,7H2,1H3/t9-/m0/s1. The molecule has 0 aliphatic heterocycles. The molecule has 0 bridgehead atoms. The SMILES string of the molecule is C[C@@H]([C]=O)NCc1ccccc1. The minimum Gasteiger partial charge on any atom is -0.303 e. The van der Waals surface area contributed by atoms with E-state index in [1.54, 1.807) is 6.92 Å². The van der Waals surface area contributed by atoms with Crippen molar-refractivity contribution in [2.45, 2.75) is 19.5 Å². The fourth-order valence-corrected chi connectivity index (χ4v) is 0.908. The fourth-order valence-electron chi connectivity index (χ4n) is 0.908. The van der Waals surface area contributed by atoms with Crippen molar-refractivity contribution in [2.24, 2.45) is 0 Å². The van der Waals surface area contributed by atoms with Crippen molar-refractivity contribution in [1.82, 2.24) is 5.32 Å². The minimum atomic E-state index is -0.190. The van der Waals surface area contributed by atoms with E-state index in [1.807, 2.05) is 36.6 Å². The molecule has 0 amide bonds. The Balaban J connectivity index is 2.38. The first-order chi connectivity index (χ1) is 5.83. The summed E-state index contributed by atoms with van der Waals surface area (Å²) in [6.45, 7) is 2.51. The Bertz CT molecular complexity index is 233. The summed E-state index contributed by atoms with van der Waals surface area (Å²) in [5, 5.41) is 3.02. The van der Waals surface area contributed by atoms with Gasteiger partial charge in [0, 0.05) is 6.54 Å². The van der Waals surface area contributed by atoms with E-state index < -0.39 is 0 Å². The van der Waals surface area contributed by atoms with Crippen LogP contribution in [0, 0.1) is 0 Å². The quantitative estimate of drug-likeness (QED) is 0.722. The molecule has 63 valence electrons. The summed E-state index contributed by atoms with van der Waals surface area (Å²) in [5.74, 6) is 0. The van der Waals surface area contributed by atoms with Crippen LogP contribution in [0.25, 0.3) is 0 Å². The second kappa shape index (κ2) is 4.67. The number of carbonyl (C=O) groups excluding carboxylic acids is 1. The molecule has 0 aliphatic carbocycles. The van der Waals surface area contributed by atoms with Crippen LogP contribution in [0.4, 0.5) is 0 Å². The maximum absolute atomic E-state index is 10.1. The van der Waals surface area contributed by atoms with Gasteiger partial charge in [-0.25, -0.2) is 0 Å². The van der Waals surface area contributed by atoms with Gasteiger partial charge in [0.15, 0.2) is 0 Å². The highest BCUT2D eigenvalue weighted by Crippen LogP contribution is 1.97. The fraction of sp³-hybridized carbons (Fsp3) is 0.300. The first-order valence-electron chi connectivity index (χ1n) is 3.98. The second-order valence-corrected chi connectivity index (χ2v) is 2.71. The predicted molar refractivity (Wildman–Crippen MR) is 48.4 cm³/mol. The first kappa shape index (κ1) is 8.94. The van der Waals surface area contributed by atoms with Crippen LogP contribution in [0.1, 0.15) is 12.5 Å². The Hall–Kier alpha value is -1.15. The molecule has 0 aromatic heterocycles. The Morgan fingerprint density at radius 3 is 2.67 bits per heavy atom. The summed E-state index contributed by atoms with van der Waals surface area (Å²) in [6, 6.07) is 9.78. The summed E-state index contributed by atoms with van der Waals surface area (Å²) in [4.78, 5) is 10.1. The zero-order valence-corrected chi connectivity index (χ0v) is 7.08. The van der Waals surface area contributed by atoms with Gasteiger partial charge in [-0.15, -0.1) is 0 Å². The molecule has 0 spiro atoms. The Morgan fingerprint density at radius 1 is 1.42 bits per heavy atom. The summed E-state index contributed by atoms with van der Waals surface area (Å²) in [5.41, 5.74) is 1.18. The van der Waals surface area contributed by atoms with Crippen LogP contribution in [0.3, 0.4) is 0 Å². The van der Waals surface area contributed by atoms with Gasteiger partial charge in [0.25, 0.3) is 0 Å². The van der Waals surface area contributed by atoms with Gasteiger partial charge < -0.3 is 5.32 Å². The van der Waals surface area contributed by atoms with E-state index in [4.69, 9.17) is 0 Å². The van der Waals surface area contributed by atoms with Crippen LogP contribution in [0.5, 0.6) is 0 Å². The third-order valence-electron chi connectivity index (χ3n) is 1.63. The molecule has 1 atom stereocenters. The molecule has 0 fully saturated rings. The normalized spacial score (nSPS) is 12.4. The number of benzene rings is 1. The first-order valence-corrected chi connectivity index (χ1v) is 3.98. The number of hydrogen-bond donors (Lipinski definition) is 1. The molecule has 1 N–H and O–H groups in total. The topological polar surface area (TPSA) is 29.1 Å². The van der Waals surface area contributed by atoms with Crippen molar-refractivity contribution in [2.75, 3.05) is 0 Å². The van der Waals surface area contributed by atoms with Gasteiger partial charge in [-0.05, 0) is 12.5 Å². The molecule has 0 saturated heterocycles. The third-order valence-corrected chi connectivity index (χ3v) is 1.63. The van der Waals surface area contributed by atoms with E-state index in [9.17, 15) is 4.79 Å². The number of nitrogens with one attached hydrogen (secondary N) is 1. The molecule has 1 aromatic carbocycles. The van der Waals surface area contributed by atoms with Crippen molar-refractivity contribution in [1.29, 1.82) is 0 Å². The van der Waals surface area contributed by atoms with E-state index >= 15 is 0 Å². The maximum Gasteiger partial charge on any atom is 0.216 e. The molecular weight excluding hydrogens is 150 g/mol. The van der Waals surface area contributed by atoms with E-state index in [1.165, 1.54) is 5.56 Å². The third kappa shape index (κ3) is 2.84. The monoisotopic (exact) mass is 162 g/mol. The summed E-state index contributed by atoms with van der Waals surface area (Å²) in [6.07, 6.45) is 1.87. The second-order valence-electron chi connectivity index (χ2n) is 2.71. The zero-order chi connectivity index (χ0) is 8.81. The maximum atomic E-state index is 10.1. The van der Waals surface area contributed by atoms with Crippen LogP contribution in [0.2, 0.25) is 0 Å². The largest absolute Gasteiger partial charge is 0.303 e. The molecule has 12 heavy (non-hydrogen) atoms. The summed E-state index contributed by atoms with van der Waals surface area (Å²) >= 11 is 0. The number of rotatable bonds is 4. The molecule has 1 aromatic rings. The average molecular weight is 162 g/mol. The van der Waals surface area contributed by atoms with Crippen LogP contribution >= 0.6 is 0 Å². The molecule has 1 rings (SSSR count). The van der Waals surface area contributed by atoms with Gasteiger partial charge in [0.2, 0.25) is 6.29 Å². The van der Waals surface area contributed by atoms with Crippen molar-refractivity contribution in [3.05, 3.63) is 35.9 Å². The molecule has 0 heterocycles. The van der Waals surface area contributed by atoms with Crippen molar-refractivity contribution in [3.63, 3.8) is 0 Å². The van der Waals surface area contributed by atoms with Gasteiger partial charge in [0.05, 0.1) is 6.04 Å². The lowest BCUT2D eigenvalue weighted by Crippen LogP contribution is -2.26. The van der Waals surface area contributed by atoms with E-state index in [0.717, 1.165) is 6.54 Å². The van der Waals surface area contributed by atoms with Crippen LogP contribution < -0.4 is 5.32 Å². The van der Waals surface area contributed by atoms with Gasteiger partial charge >= 0.3 is 0 Å². The van der Waals surface area contributed by atoms with Crippen molar-refractivity contribution < 1.29 is 4.79 Å². The van der Waals surface area contributed by atoms with E-state index in [0.29, 0.717) is 0 Å². The molecular formula is C10H12NO. The molecule has 0 saturated carbocycles. The number of hydrogen-bond acceptors (Lipinski definition) is 2. The highest BCUT2D eigenvalue weighted by atomic mass is 16.1. The van der Waals surface area contributed by atoms with Gasteiger partial charge in [-0.3, -0.25) is 4.79 Å². The molecule has 1 radical (unpaired) electrons. The molecule has 0 aliphatic rings. The van der Waals surface area contributed by atoms with E-state index in [2.05, 4.69) is 5.32 Å². The molecule has 2 nitrogen and oxygen atoms in total. The van der Waals surface area contributed by atoms with Crippen molar-refractivity contribution >= 4 is 6.29 Å². The Labute approximate surface area is 72.6 Å². The van der Waals surface area contributed by atoms with Gasteiger partial charge in [0.1, 0.15) is 0 Å². The van der Waals surface area contributed by atoms with Gasteiger partial charge in [-0.2, -0.15) is 0 Å². The van der Waals surface area contributed by atoms with Crippen LogP contribution in [0.15, 0.2) is 30.3 Å². The minimum absolute atomic E-state index is 0.190. The van der Waals surface area contributed by atoms with Crippen molar-refractivity contribution in [3.8, 4) is 0 Å². The molecule has 0 unspecified atom stereocenters. The lowest BCUT2D eigenvalue weighted by molar-refractivity contribution is 0.524. The Morgan fingerprint density at radius 2 is 2.08 bits per heavy atom. The average Bonchev–Trinajstić information content (AvgIpc) is 2.16.